The van der Waals surface area contributed by atoms with Crippen molar-refractivity contribution in [3.63, 3.8) is 0 Å². The SMILES string of the molecule is Cl.Cn1nnc2c(=O)[nH]c(N3CCN(c4c(F)cc(OCC[C@](C)(N)C(=O)O)cc4F)CC3)cc21. The van der Waals surface area contributed by atoms with Gasteiger partial charge in [0.15, 0.2) is 17.2 Å². The molecule has 0 bridgehead atoms. The van der Waals surface area contributed by atoms with Crippen molar-refractivity contribution in [1.82, 2.24) is 20.0 Å². The van der Waals surface area contributed by atoms with Gasteiger partial charge in [-0.3, -0.25) is 9.59 Å². The molecule has 1 atom stereocenters. The fourth-order valence-corrected chi connectivity index (χ4v) is 3.79. The van der Waals surface area contributed by atoms with Crippen LogP contribution < -0.4 is 25.8 Å². The van der Waals surface area contributed by atoms with Gasteiger partial charge in [0, 0.05) is 57.8 Å². The molecule has 0 unspecified atom stereocenters. The van der Waals surface area contributed by atoms with Crippen LogP contribution in [0.2, 0.25) is 0 Å². The number of rotatable bonds is 7. The molecule has 3 heterocycles. The van der Waals surface area contributed by atoms with Crippen LogP contribution in [0.5, 0.6) is 5.75 Å². The average Bonchev–Trinajstić information content (AvgIpc) is 3.15. The first-order chi connectivity index (χ1) is 16.1. The summed E-state index contributed by atoms with van der Waals surface area (Å²) in [6, 6.07) is 3.91. The number of piperazine rings is 1. The number of carboxylic acids is 1. The molecule has 14 heteroatoms. The number of halogens is 3. The van der Waals surface area contributed by atoms with Crippen molar-refractivity contribution in [2.24, 2.45) is 12.8 Å². The normalized spacial score (nSPS) is 15.6. The number of hydrogen-bond acceptors (Lipinski definition) is 8. The molecule has 0 amide bonds. The van der Waals surface area contributed by atoms with E-state index in [1.807, 2.05) is 4.90 Å². The van der Waals surface area contributed by atoms with Crippen molar-refractivity contribution in [3.05, 3.63) is 40.2 Å². The number of aliphatic carboxylic acids is 1. The summed E-state index contributed by atoms with van der Waals surface area (Å²) < 4.78 is 36.4. The first kappa shape index (κ1) is 26.2. The molecular weight excluding hydrogens is 488 g/mol. The molecule has 0 aliphatic carbocycles. The molecular formula is C21H26ClF2N7O4. The van der Waals surface area contributed by atoms with Crippen molar-refractivity contribution in [2.45, 2.75) is 18.9 Å². The third-order valence-electron chi connectivity index (χ3n) is 5.91. The quantitative estimate of drug-likeness (QED) is 0.425. The minimum atomic E-state index is -1.50. The zero-order valence-corrected chi connectivity index (χ0v) is 19.9. The molecule has 1 fully saturated rings. The number of H-pyrrole nitrogens is 1. The minimum Gasteiger partial charge on any atom is -0.493 e. The summed E-state index contributed by atoms with van der Waals surface area (Å²) >= 11 is 0. The summed E-state index contributed by atoms with van der Waals surface area (Å²) in [4.78, 5) is 29.6. The molecule has 1 aliphatic rings. The zero-order valence-electron chi connectivity index (χ0n) is 19.1. The van der Waals surface area contributed by atoms with Crippen LogP contribution in [0.4, 0.5) is 20.3 Å². The average molecular weight is 514 g/mol. The standard InChI is InChI=1S/C21H25F2N7O4.ClH/c1-21(24,20(32)33)3-8-34-12-9-13(22)18(14(23)10-12)30-6-4-29(5-7-30)16-11-15-17(19(31)25-16)26-27-28(15)2;/h9-11H,3-8,24H2,1-2H3,(H,25,31)(H,32,33);1H/t21-;/m0./s1. The highest BCUT2D eigenvalue weighted by atomic mass is 35.5. The number of hydrogen-bond donors (Lipinski definition) is 3. The van der Waals surface area contributed by atoms with Gasteiger partial charge < -0.3 is 30.4 Å². The number of nitrogens with zero attached hydrogens (tertiary/aromatic N) is 5. The molecule has 0 radical (unpaired) electrons. The topological polar surface area (TPSA) is 143 Å². The monoisotopic (exact) mass is 513 g/mol. The number of fused-ring (bicyclic) bond motifs is 1. The van der Waals surface area contributed by atoms with E-state index < -0.39 is 23.1 Å². The number of nitrogens with two attached hydrogens (primary N) is 1. The number of anilines is 2. The number of carboxylic acid groups (broad SMARTS) is 1. The number of aromatic nitrogens is 4. The highest BCUT2D eigenvalue weighted by Gasteiger charge is 2.28. The second kappa shape index (κ2) is 10.0. The van der Waals surface area contributed by atoms with E-state index in [9.17, 15) is 18.4 Å². The zero-order chi connectivity index (χ0) is 24.6. The molecule has 35 heavy (non-hydrogen) atoms. The molecule has 0 spiro atoms. The van der Waals surface area contributed by atoms with Crippen LogP contribution in [-0.4, -0.2) is 69.4 Å². The van der Waals surface area contributed by atoms with Crippen LogP contribution >= 0.6 is 12.4 Å². The molecule has 1 saturated heterocycles. The van der Waals surface area contributed by atoms with Gasteiger partial charge in [-0.05, 0) is 6.92 Å². The lowest BCUT2D eigenvalue weighted by Crippen LogP contribution is -2.47. The van der Waals surface area contributed by atoms with E-state index in [1.54, 1.807) is 18.0 Å². The van der Waals surface area contributed by atoms with Gasteiger partial charge >= 0.3 is 5.97 Å². The molecule has 1 aliphatic heterocycles. The Morgan fingerprint density at radius 3 is 2.40 bits per heavy atom. The van der Waals surface area contributed by atoms with Crippen molar-refractivity contribution in [3.8, 4) is 5.75 Å². The summed E-state index contributed by atoms with van der Waals surface area (Å²) in [6.07, 6.45) is -0.0297. The lowest BCUT2D eigenvalue weighted by Gasteiger charge is -2.37. The molecule has 1 aromatic carbocycles. The van der Waals surface area contributed by atoms with Gasteiger partial charge in [0.25, 0.3) is 5.56 Å². The van der Waals surface area contributed by atoms with E-state index >= 15 is 0 Å². The maximum absolute atomic E-state index is 14.8. The first-order valence-electron chi connectivity index (χ1n) is 10.6. The molecule has 2 aromatic heterocycles. The van der Waals surface area contributed by atoms with Gasteiger partial charge in [0.1, 0.15) is 22.8 Å². The summed E-state index contributed by atoms with van der Waals surface area (Å²) in [5.74, 6) is -2.22. The molecule has 11 nitrogen and oxygen atoms in total. The fraction of sp³-hybridized carbons (Fsp3) is 0.429. The first-order valence-corrected chi connectivity index (χ1v) is 10.6. The number of pyridine rings is 1. The summed E-state index contributed by atoms with van der Waals surface area (Å²) in [6.45, 7) is 2.72. The largest absolute Gasteiger partial charge is 0.493 e. The summed E-state index contributed by atoms with van der Waals surface area (Å²) in [5.41, 5.74) is 4.45. The van der Waals surface area contributed by atoms with Crippen molar-refractivity contribution in [1.29, 1.82) is 0 Å². The predicted molar refractivity (Wildman–Crippen MR) is 128 cm³/mol. The van der Waals surface area contributed by atoms with Crippen molar-refractivity contribution < 1.29 is 23.4 Å². The maximum atomic E-state index is 14.8. The number of carbonyl (C=O) groups is 1. The van der Waals surface area contributed by atoms with Crippen LogP contribution in [0, 0.1) is 11.6 Å². The van der Waals surface area contributed by atoms with Gasteiger partial charge in [-0.25, -0.2) is 13.5 Å². The highest BCUT2D eigenvalue weighted by Crippen LogP contribution is 2.30. The van der Waals surface area contributed by atoms with E-state index in [0.29, 0.717) is 37.5 Å². The molecule has 4 rings (SSSR count). The number of aromatic amines is 1. The Labute approximate surface area is 204 Å². The van der Waals surface area contributed by atoms with Crippen LogP contribution in [-0.2, 0) is 11.8 Å². The van der Waals surface area contributed by atoms with E-state index in [2.05, 4.69) is 15.3 Å². The summed E-state index contributed by atoms with van der Waals surface area (Å²) in [7, 11) is 1.69. The number of ether oxygens (including phenoxy) is 1. The Morgan fingerprint density at radius 1 is 1.20 bits per heavy atom. The third kappa shape index (κ3) is 5.30. The Hall–Kier alpha value is -3.45. The van der Waals surface area contributed by atoms with Crippen LogP contribution in [0.3, 0.4) is 0 Å². The van der Waals surface area contributed by atoms with Crippen LogP contribution in [0.15, 0.2) is 23.0 Å². The van der Waals surface area contributed by atoms with Gasteiger partial charge in [0.05, 0.1) is 12.1 Å². The van der Waals surface area contributed by atoms with Crippen molar-refractivity contribution in [2.75, 3.05) is 42.6 Å². The van der Waals surface area contributed by atoms with Gasteiger partial charge in [-0.1, -0.05) is 5.21 Å². The Bertz CT molecular complexity index is 1270. The summed E-state index contributed by atoms with van der Waals surface area (Å²) in [5, 5.41) is 16.7. The molecule has 4 N–H and O–H groups in total. The number of aryl methyl sites for hydroxylation is 1. The van der Waals surface area contributed by atoms with Crippen LogP contribution in [0.25, 0.3) is 11.0 Å². The maximum Gasteiger partial charge on any atom is 0.323 e. The van der Waals surface area contributed by atoms with E-state index in [1.165, 1.54) is 11.6 Å². The minimum absolute atomic E-state index is 0. The van der Waals surface area contributed by atoms with E-state index in [4.69, 9.17) is 15.6 Å². The molecule has 0 saturated carbocycles. The van der Waals surface area contributed by atoms with Crippen LogP contribution in [0.1, 0.15) is 13.3 Å². The Kier molecular flexibility index (Phi) is 7.50. The Morgan fingerprint density at radius 2 is 1.80 bits per heavy atom. The highest BCUT2D eigenvalue weighted by molar-refractivity contribution is 5.85. The Balaban J connectivity index is 0.00000342. The third-order valence-corrected chi connectivity index (χ3v) is 5.91. The number of nitrogens with one attached hydrogen (secondary N) is 1. The second-order valence-corrected chi connectivity index (χ2v) is 8.46. The lowest BCUT2D eigenvalue weighted by molar-refractivity contribution is -0.143. The molecule has 190 valence electrons. The van der Waals surface area contributed by atoms with Gasteiger partial charge in [-0.2, -0.15) is 0 Å². The van der Waals surface area contributed by atoms with Gasteiger partial charge in [0.2, 0.25) is 0 Å². The lowest BCUT2D eigenvalue weighted by atomic mass is 10.0. The fourth-order valence-electron chi connectivity index (χ4n) is 3.79. The van der Waals surface area contributed by atoms with Gasteiger partial charge in [-0.15, -0.1) is 17.5 Å². The van der Waals surface area contributed by atoms with Crippen molar-refractivity contribution >= 4 is 40.9 Å². The van der Waals surface area contributed by atoms with E-state index in [-0.39, 0.29) is 47.9 Å². The second-order valence-electron chi connectivity index (χ2n) is 8.46. The smallest absolute Gasteiger partial charge is 0.323 e. The van der Waals surface area contributed by atoms with E-state index in [0.717, 1.165) is 12.1 Å². The predicted octanol–water partition coefficient (Wildman–Crippen LogP) is 1.25. The number of benzene rings is 1. The molecule has 3 aromatic rings.